The average molecular weight is 209 g/mol. The van der Waals surface area contributed by atoms with Crippen LogP contribution in [-0.2, 0) is 11.2 Å². The molecule has 1 aromatic carbocycles. The van der Waals surface area contributed by atoms with E-state index in [4.69, 9.17) is 10.5 Å². The summed E-state index contributed by atoms with van der Waals surface area (Å²) in [5.41, 5.74) is 6.45. The van der Waals surface area contributed by atoms with Crippen LogP contribution in [0.4, 0.5) is 4.39 Å². The lowest BCUT2D eigenvalue weighted by Gasteiger charge is -2.25. The molecule has 0 spiro atoms. The summed E-state index contributed by atoms with van der Waals surface area (Å²) in [5.74, 6) is -0.141. The summed E-state index contributed by atoms with van der Waals surface area (Å²) < 4.78 is 18.8. The standard InChI is InChI=1S/C12H16FNO/c13-11-4-2-1-3-10(11)7-12(8-14)5-6-15-9-12/h1-4H,5-9,14H2. The fourth-order valence-electron chi connectivity index (χ4n) is 2.07. The van der Waals surface area contributed by atoms with Crippen molar-refractivity contribution in [1.82, 2.24) is 0 Å². The molecule has 1 unspecified atom stereocenters. The highest BCUT2D eigenvalue weighted by atomic mass is 19.1. The van der Waals surface area contributed by atoms with Crippen LogP contribution in [0.2, 0.25) is 0 Å². The van der Waals surface area contributed by atoms with Gasteiger partial charge in [0.2, 0.25) is 0 Å². The van der Waals surface area contributed by atoms with Gasteiger partial charge in [-0.05, 0) is 24.5 Å². The maximum absolute atomic E-state index is 13.5. The number of ether oxygens (including phenoxy) is 1. The van der Waals surface area contributed by atoms with Crippen molar-refractivity contribution in [2.24, 2.45) is 11.1 Å². The molecule has 1 aliphatic rings. The van der Waals surface area contributed by atoms with Crippen LogP contribution in [0.5, 0.6) is 0 Å². The Kier molecular flexibility index (Phi) is 3.03. The molecule has 3 heteroatoms. The second kappa shape index (κ2) is 4.29. The van der Waals surface area contributed by atoms with Crippen molar-refractivity contribution in [1.29, 1.82) is 0 Å². The highest BCUT2D eigenvalue weighted by Gasteiger charge is 2.34. The maximum atomic E-state index is 13.5. The number of nitrogens with two attached hydrogens (primary N) is 1. The van der Waals surface area contributed by atoms with Crippen molar-refractivity contribution in [2.45, 2.75) is 12.8 Å². The van der Waals surface area contributed by atoms with Crippen molar-refractivity contribution in [3.63, 3.8) is 0 Å². The van der Waals surface area contributed by atoms with Gasteiger partial charge in [-0.3, -0.25) is 0 Å². The molecular weight excluding hydrogens is 193 g/mol. The van der Waals surface area contributed by atoms with Crippen LogP contribution >= 0.6 is 0 Å². The van der Waals surface area contributed by atoms with Crippen LogP contribution in [0.3, 0.4) is 0 Å². The first-order valence-electron chi connectivity index (χ1n) is 5.27. The fourth-order valence-corrected chi connectivity index (χ4v) is 2.07. The topological polar surface area (TPSA) is 35.2 Å². The molecule has 2 N–H and O–H groups in total. The van der Waals surface area contributed by atoms with E-state index in [0.29, 0.717) is 19.6 Å². The van der Waals surface area contributed by atoms with Crippen molar-refractivity contribution in [3.8, 4) is 0 Å². The summed E-state index contributed by atoms with van der Waals surface area (Å²) in [6.45, 7) is 1.95. The van der Waals surface area contributed by atoms with Gasteiger partial charge in [-0.25, -0.2) is 4.39 Å². The zero-order valence-corrected chi connectivity index (χ0v) is 8.71. The van der Waals surface area contributed by atoms with E-state index < -0.39 is 0 Å². The quantitative estimate of drug-likeness (QED) is 0.823. The molecule has 1 fully saturated rings. The van der Waals surface area contributed by atoms with Crippen LogP contribution < -0.4 is 5.73 Å². The molecule has 2 nitrogen and oxygen atoms in total. The molecule has 0 saturated carbocycles. The van der Waals surface area contributed by atoms with E-state index in [9.17, 15) is 4.39 Å². The summed E-state index contributed by atoms with van der Waals surface area (Å²) in [6, 6.07) is 6.89. The second-order valence-corrected chi connectivity index (χ2v) is 4.27. The van der Waals surface area contributed by atoms with Gasteiger partial charge in [0.25, 0.3) is 0 Å². The summed E-state index contributed by atoms with van der Waals surface area (Å²) in [5, 5.41) is 0. The van der Waals surface area contributed by atoms with Crippen molar-refractivity contribution < 1.29 is 9.13 Å². The summed E-state index contributed by atoms with van der Waals surface area (Å²) in [7, 11) is 0. The van der Waals surface area contributed by atoms with Crippen molar-refractivity contribution in [3.05, 3.63) is 35.6 Å². The van der Waals surface area contributed by atoms with Crippen LogP contribution in [0.15, 0.2) is 24.3 Å². The van der Waals surface area contributed by atoms with Crippen LogP contribution in [0, 0.1) is 11.2 Å². The van der Waals surface area contributed by atoms with Gasteiger partial charge in [-0.15, -0.1) is 0 Å². The van der Waals surface area contributed by atoms with E-state index in [0.717, 1.165) is 18.6 Å². The normalized spacial score (nSPS) is 25.7. The van der Waals surface area contributed by atoms with Gasteiger partial charge >= 0.3 is 0 Å². The van der Waals surface area contributed by atoms with Gasteiger partial charge in [-0.1, -0.05) is 18.2 Å². The predicted molar refractivity (Wildman–Crippen MR) is 57.0 cm³/mol. The van der Waals surface area contributed by atoms with E-state index in [2.05, 4.69) is 0 Å². The lowest BCUT2D eigenvalue weighted by atomic mass is 9.81. The lowest BCUT2D eigenvalue weighted by molar-refractivity contribution is 0.154. The van der Waals surface area contributed by atoms with Crippen molar-refractivity contribution >= 4 is 0 Å². The first kappa shape index (κ1) is 10.6. The molecule has 0 aliphatic carbocycles. The Balaban J connectivity index is 2.16. The van der Waals surface area contributed by atoms with Gasteiger partial charge in [0, 0.05) is 18.6 Å². The summed E-state index contributed by atoms with van der Waals surface area (Å²) in [6.07, 6.45) is 1.61. The molecule has 1 atom stereocenters. The van der Waals surface area contributed by atoms with Gasteiger partial charge in [-0.2, -0.15) is 0 Å². The smallest absolute Gasteiger partial charge is 0.126 e. The Morgan fingerprint density at radius 1 is 1.40 bits per heavy atom. The monoisotopic (exact) mass is 209 g/mol. The Hall–Kier alpha value is -0.930. The largest absolute Gasteiger partial charge is 0.381 e. The molecule has 2 rings (SSSR count). The number of halogens is 1. The zero-order valence-electron chi connectivity index (χ0n) is 8.71. The van der Waals surface area contributed by atoms with Crippen LogP contribution in [0.25, 0.3) is 0 Å². The van der Waals surface area contributed by atoms with Crippen molar-refractivity contribution in [2.75, 3.05) is 19.8 Å². The molecule has 1 heterocycles. The molecule has 1 saturated heterocycles. The fraction of sp³-hybridized carbons (Fsp3) is 0.500. The third kappa shape index (κ3) is 2.19. The number of benzene rings is 1. The highest BCUT2D eigenvalue weighted by Crippen LogP contribution is 2.32. The van der Waals surface area contributed by atoms with Crippen LogP contribution in [0.1, 0.15) is 12.0 Å². The first-order valence-corrected chi connectivity index (χ1v) is 5.27. The molecule has 82 valence electrons. The summed E-state index contributed by atoms with van der Waals surface area (Å²) in [4.78, 5) is 0. The lowest BCUT2D eigenvalue weighted by Crippen LogP contribution is -2.33. The predicted octanol–water partition coefficient (Wildman–Crippen LogP) is 1.73. The zero-order chi connectivity index (χ0) is 10.7. The molecule has 0 aromatic heterocycles. The Bertz CT molecular complexity index is 334. The number of rotatable bonds is 3. The number of hydrogen-bond acceptors (Lipinski definition) is 2. The molecule has 0 amide bonds. The SMILES string of the molecule is NCC1(Cc2ccccc2F)CCOC1. The molecule has 0 bridgehead atoms. The van der Waals surface area contributed by atoms with Gasteiger partial charge in [0.15, 0.2) is 0 Å². The minimum absolute atomic E-state index is 0.0534. The molecule has 1 aliphatic heterocycles. The molecule has 15 heavy (non-hydrogen) atoms. The van der Waals surface area contributed by atoms with E-state index in [1.54, 1.807) is 6.07 Å². The molecule has 1 aromatic rings. The van der Waals surface area contributed by atoms with E-state index in [-0.39, 0.29) is 11.2 Å². The average Bonchev–Trinajstić information content (AvgIpc) is 2.71. The van der Waals surface area contributed by atoms with E-state index >= 15 is 0 Å². The summed E-state index contributed by atoms with van der Waals surface area (Å²) >= 11 is 0. The Morgan fingerprint density at radius 3 is 2.80 bits per heavy atom. The minimum atomic E-state index is -0.141. The third-order valence-corrected chi connectivity index (χ3v) is 3.14. The molecular formula is C12H16FNO. The van der Waals surface area contributed by atoms with Crippen LogP contribution in [-0.4, -0.2) is 19.8 Å². The van der Waals surface area contributed by atoms with Gasteiger partial charge < -0.3 is 10.5 Å². The minimum Gasteiger partial charge on any atom is -0.381 e. The van der Waals surface area contributed by atoms with Gasteiger partial charge in [0.05, 0.1) is 6.61 Å². The molecule has 0 radical (unpaired) electrons. The third-order valence-electron chi connectivity index (χ3n) is 3.14. The van der Waals surface area contributed by atoms with E-state index in [1.807, 2.05) is 12.1 Å². The Morgan fingerprint density at radius 2 is 2.20 bits per heavy atom. The van der Waals surface area contributed by atoms with Gasteiger partial charge in [0.1, 0.15) is 5.82 Å². The maximum Gasteiger partial charge on any atom is 0.126 e. The highest BCUT2D eigenvalue weighted by molar-refractivity contribution is 5.19. The van der Waals surface area contributed by atoms with E-state index in [1.165, 1.54) is 6.07 Å². The Labute approximate surface area is 89.2 Å². The first-order chi connectivity index (χ1) is 7.26. The second-order valence-electron chi connectivity index (χ2n) is 4.27. The number of hydrogen-bond donors (Lipinski definition) is 1.